The Morgan fingerprint density at radius 2 is 1.16 bits per heavy atom. The molecule has 6 aromatic rings. The van der Waals surface area contributed by atoms with Gasteiger partial charge in [0.2, 0.25) is 0 Å². The van der Waals surface area contributed by atoms with Crippen molar-refractivity contribution in [1.82, 2.24) is 19.9 Å². The highest BCUT2D eigenvalue weighted by Crippen LogP contribution is 2.69. The zero-order valence-electron chi connectivity index (χ0n) is 28.9. The molecule has 0 radical (unpaired) electrons. The molecule has 0 aliphatic heterocycles. The Kier molecular flexibility index (Phi) is 5.91. The van der Waals surface area contributed by atoms with Crippen molar-refractivity contribution < 1.29 is 0 Å². The summed E-state index contributed by atoms with van der Waals surface area (Å²) in [5.74, 6) is 4.83. The molecule has 0 N–H and O–H groups in total. The molecule has 12 rings (SSSR count). The van der Waals surface area contributed by atoms with E-state index < -0.39 is 0 Å². The van der Waals surface area contributed by atoms with Gasteiger partial charge in [-0.1, -0.05) is 92.7 Å². The average Bonchev–Trinajstić information content (AvgIpc) is 3.59. The molecule has 246 valence electrons. The van der Waals surface area contributed by atoms with Crippen LogP contribution in [0.4, 0.5) is 0 Å². The van der Waals surface area contributed by atoms with Crippen LogP contribution in [0.15, 0.2) is 103 Å². The quantitative estimate of drug-likeness (QED) is 0.189. The van der Waals surface area contributed by atoms with Gasteiger partial charge in [0, 0.05) is 45.5 Å². The highest BCUT2D eigenvalue weighted by atomic mass is 15.0. The first-order valence-corrected chi connectivity index (χ1v) is 18.5. The van der Waals surface area contributed by atoms with Crippen molar-refractivity contribution >= 4 is 0 Å². The Morgan fingerprint density at radius 3 is 1.84 bits per heavy atom. The second-order valence-corrected chi connectivity index (χ2v) is 16.3. The molecule has 4 bridgehead atoms. The normalized spacial score (nSPS) is 25.3. The van der Waals surface area contributed by atoms with Crippen molar-refractivity contribution in [3.8, 4) is 62.5 Å². The fourth-order valence-corrected chi connectivity index (χ4v) is 11.6. The molecule has 6 aliphatic rings. The largest absolute Gasteiger partial charge is 0.263 e. The van der Waals surface area contributed by atoms with Gasteiger partial charge in [0.15, 0.2) is 17.5 Å². The van der Waals surface area contributed by atoms with Crippen LogP contribution in [-0.4, -0.2) is 19.9 Å². The van der Waals surface area contributed by atoms with E-state index in [9.17, 15) is 5.26 Å². The van der Waals surface area contributed by atoms with E-state index >= 15 is 0 Å². The summed E-state index contributed by atoms with van der Waals surface area (Å²) < 4.78 is 0. The Labute approximate surface area is 298 Å². The molecule has 4 fully saturated rings. The molecule has 5 heteroatoms. The van der Waals surface area contributed by atoms with Crippen LogP contribution >= 0.6 is 0 Å². The number of aromatic nitrogens is 4. The third kappa shape index (κ3) is 3.91. The lowest BCUT2D eigenvalue weighted by Gasteiger charge is -2.61. The first-order chi connectivity index (χ1) is 24.9. The maximum Gasteiger partial charge on any atom is 0.164 e. The van der Waals surface area contributed by atoms with Crippen LogP contribution in [0.3, 0.4) is 0 Å². The van der Waals surface area contributed by atoms with Crippen molar-refractivity contribution in [2.45, 2.75) is 56.8 Å². The SMILES string of the molecule is CC1(C)c2ccccc2-c2cc(-c3nc(-c4ccccc4)nc(-c4ccc5c(c4)-c4c(C#N)cncc4C54C5CC6CC(C5)CC4C6)n3)ccc21. The first kappa shape index (κ1) is 29.3. The molecule has 6 aliphatic carbocycles. The highest BCUT2D eigenvalue weighted by Gasteiger charge is 2.62. The number of nitriles is 1. The maximum atomic E-state index is 10.4. The molecule has 51 heavy (non-hydrogen) atoms. The van der Waals surface area contributed by atoms with E-state index in [0.717, 1.165) is 39.7 Å². The van der Waals surface area contributed by atoms with E-state index in [1.165, 1.54) is 65.5 Å². The van der Waals surface area contributed by atoms with Crippen molar-refractivity contribution in [2.75, 3.05) is 0 Å². The summed E-state index contributed by atoms with van der Waals surface area (Å²) in [6.45, 7) is 4.61. The molecule has 0 amide bonds. The van der Waals surface area contributed by atoms with Crippen molar-refractivity contribution in [3.63, 3.8) is 0 Å². The summed E-state index contributed by atoms with van der Waals surface area (Å²) in [6.07, 6.45) is 10.4. The van der Waals surface area contributed by atoms with Crippen LogP contribution in [0.5, 0.6) is 0 Å². The van der Waals surface area contributed by atoms with Gasteiger partial charge >= 0.3 is 0 Å². The topological polar surface area (TPSA) is 75.3 Å². The minimum Gasteiger partial charge on any atom is -0.263 e. The smallest absolute Gasteiger partial charge is 0.164 e. The molecule has 4 aromatic carbocycles. The van der Waals surface area contributed by atoms with Crippen LogP contribution in [0, 0.1) is 35.0 Å². The fourth-order valence-electron chi connectivity index (χ4n) is 11.6. The number of pyridine rings is 1. The first-order valence-electron chi connectivity index (χ1n) is 18.5. The molecule has 4 saturated carbocycles. The van der Waals surface area contributed by atoms with Crippen molar-refractivity contribution in [1.29, 1.82) is 5.26 Å². The molecule has 0 atom stereocenters. The summed E-state index contributed by atoms with van der Waals surface area (Å²) >= 11 is 0. The Hall–Kier alpha value is -5.47. The number of hydrogen-bond acceptors (Lipinski definition) is 5. The van der Waals surface area contributed by atoms with Gasteiger partial charge in [0.1, 0.15) is 6.07 Å². The van der Waals surface area contributed by atoms with Gasteiger partial charge in [-0.3, -0.25) is 4.98 Å². The summed E-state index contributed by atoms with van der Waals surface area (Å²) in [5.41, 5.74) is 13.5. The molecule has 1 spiro atoms. The lowest BCUT2D eigenvalue weighted by Crippen LogP contribution is -2.55. The molecule has 5 nitrogen and oxygen atoms in total. The zero-order chi connectivity index (χ0) is 34.1. The molecule has 2 aromatic heterocycles. The molecule has 0 unspecified atom stereocenters. The lowest BCUT2D eigenvalue weighted by atomic mass is 9.43. The minimum absolute atomic E-state index is 0.0651. The number of nitrogens with zero attached hydrogens (tertiary/aromatic N) is 5. The Balaban J connectivity index is 1.10. The summed E-state index contributed by atoms with van der Waals surface area (Å²) in [7, 11) is 0. The van der Waals surface area contributed by atoms with Gasteiger partial charge in [0.05, 0.1) is 5.56 Å². The van der Waals surface area contributed by atoms with Gasteiger partial charge < -0.3 is 0 Å². The Bertz CT molecular complexity index is 2460. The average molecular weight is 660 g/mol. The molecular formula is C46H37N5. The van der Waals surface area contributed by atoms with E-state index in [1.807, 2.05) is 18.2 Å². The van der Waals surface area contributed by atoms with Gasteiger partial charge in [-0.2, -0.15) is 5.26 Å². The third-order valence-electron chi connectivity index (χ3n) is 13.4. The van der Waals surface area contributed by atoms with Crippen molar-refractivity contribution in [2.24, 2.45) is 23.7 Å². The van der Waals surface area contributed by atoms with E-state index in [-0.39, 0.29) is 10.8 Å². The lowest BCUT2D eigenvalue weighted by molar-refractivity contribution is -0.0400. The Morgan fingerprint density at radius 1 is 0.569 bits per heavy atom. The van der Waals surface area contributed by atoms with Gasteiger partial charge in [-0.25, -0.2) is 15.0 Å². The van der Waals surface area contributed by atoms with E-state index in [0.29, 0.717) is 34.9 Å². The second kappa shape index (κ2) is 10.3. The molecule has 2 heterocycles. The van der Waals surface area contributed by atoms with Gasteiger partial charge in [0.25, 0.3) is 0 Å². The van der Waals surface area contributed by atoms with Crippen molar-refractivity contribution in [3.05, 3.63) is 131 Å². The number of benzene rings is 4. The minimum atomic E-state index is -0.0724. The highest BCUT2D eigenvalue weighted by molar-refractivity contribution is 5.88. The third-order valence-corrected chi connectivity index (χ3v) is 13.4. The number of hydrogen-bond donors (Lipinski definition) is 0. The van der Waals surface area contributed by atoms with Gasteiger partial charge in [-0.05, 0) is 107 Å². The second-order valence-electron chi connectivity index (χ2n) is 16.3. The van der Waals surface area contributed by atoms with E-state index in [4.69, 9.17) is 15.0 Å². The number of fused-ring (bicyclic) bond motifs is 6. The van der Waals surface area contributed by atoms with Crippen LogP contribution < -0.4 is 0 Å². The van der Waals surface area contributed by atoms with E-state index in [2.05, 4.69) is 104 Å². The summed E-state index contributed by atoms with van der Waals surface area (Å²) in [6, 6.07) is 35.0. The standard InChI is InChI=1S/C46H37N5/c1-45(2)37-11-7-6-10-34(37)35-21-29(12-14-38(35)45)43-49-42(28-8-4-3-5-9-28)50-44(51-43)30-13-15-39-36(22-30)41-31(23-47)24-48-25-40(41)46(39)32-17-26-16-27(19-32)20-33(46)18-26/h3-15,21-22,24-27,32-33H,16-20H2,1-2H3. The predicted molar refractivity (Wildman–Crippen MR) is 199 cm³/mol. The van der Waals surface area contributed by atoms with Crippen LogP contribution in [0.2, 0.25) is 0 Å². The van der Waals surface area contributed by atoms with Crippen LogP contribution in [-0.2, 0) is 10.8 Å². The molecule has 0 saturated heterocycles. The van der Waals surface area contributed by atoms with Gasteiger partial charge in [-0.15, -0.1) is 0 Å². The predicted octanol–water partition coefficient (Wildman–Crippen LogP) is 10.2. The zero-order valence-corrected chi connectivity index (χ0v) is 28.9. The fraction of sp³-hybridized carbons (Fsp3) is 0.283. The van der Waals surface area contributed by atoms with E-state index in [1.54, 1.807) is 6.20 Å². The summed E-state index contributed by atoms with van der Waals surface area (Å²) in [4.78, 5) is 20.1. The monoisotopic (exact) mass is 659 g/mol. The van der Waals surface area contributed by atoms with Crippen LogP contribution in [0.1, 0.15) is 73.8 Å². The number of rotatable bonds is 3. The molecular weight excluding hydrogens is 623 g/mol. The maximum absolute atomic E-state index is 10.4. The summed E-state index contributed by atoms with van der Waals surface area (Å²) in [5, 5.41) is 10.4. The van der Waals surface area contributed by atoms with Crippen LogP contribution in [0.25, 0.3) is 56.4 Å².